The summed E-state index contributed by atoms with van der Waals surface area (Å²) >= 11 is 0. The van der Waals surface area contributed by atoms with Crippen LogP contribution in [-0.4, -0.2) is 36.4 Å². The number of rotatable bonds is 10. The Morgan fingerprint density at radius 3 is 2.41 bits per heavy atom. The fourth-order valence-corrected chi connectivity index (χ4v) is 2.85. The van der Waals surface area contributed by atoms with Crippen LogP contribution in [0.5, 0.6) is 5.75 Å². The SMILES string of the molecule is CCOc1ccccc1NC(=O)CCN(CCCc1ccccc1)C(C)=O. The van der Waals surface area contributed by atoms with Crippen molar-refractivity contribution in [1.29, 1.82) is 0 Å². The van der Waals surface area contributed by atoms with Gasteiger partial charge in [-0.25, -0.2) is 0 Å². The summed E-state index contributed by atoms with van der Waals surface area (Å²) in [5.41, 5.74) is 1.91. The zero-order chi connectivity index (χ0) is 19.5. The number of ether oxygens (including phenoxy) is 1. The molecule has 5 heteroatoms. The van der Waals surface area contributed by atoms with Gasteiger partial charge in [0.05, 0.1) is 12.3 Å². The van der Waals surface area contributed by atoms with E-state index in [1.54, 1.807) is 11.8 Å². The lowest BCUT2D eigenvalue weighted by Crippen LogP contribution is -2.33. The van der Waals surface area contributed by atoms with Crippen molar-refractivity contribution in [3.05, 3.63) is 60.2 Å². The van der Waals surface area contributed by atoms with E-state index in [0.717, 1.165) is 12.8 Å². The van der Waals surface area contributed by atoms with Crippen molar-refractivity contribution < 1.29 is 14.3 Å². The van der Waals surface area contributed by atoms with E-state index >= 15 is 0 Å². The number of carbonyl (C=O) groups is 2. The molecule has 0 unspecified atom stereocenters. The monoisotopic (exact) mass is 368 g/mol. The summed E-state index contributed by atoms with van der Waals surface area (Å²) in [7, 11) is 0. The normalized spacial score (nSPS) is 10.3. The van der Waals surface area contributed by atoms with Crippen LogP contribution in [-0.2, 0) is 16.0 Å². The second-order valence-electron chi connectivity index (χ2n) is 6.32. The lowest BCUT2D eigenvalue weighted by Gasteiger charge is -2.21. The molecule has 0 fully saturated rings. The summed E-state index contributed by atoms with van der Waals surface area (Å²) in [6.45, 7) is 5.04. The Labute approximate surface area is 161 Å². The van der Waals surface area contributed by atoms with Crippen molar-refractivity contribution in [3.63, 3.8) is 0 Å². The number of carbonyl (C=O) groups excluding carboxylic acids is 2. The maximum atomic E-state index is 12.3. The van der Waals surface area contributed by atoms with Gasteiger partial charge in [0.1, 0.15) is 5.75 Å². The summed E-state index contributed by atoms with van der Waals surface area (Å²) in [5.74, 6) is 0.515. The van der Waals surface area contributed by atoms with Gasteiger partial charge >= 0.3 is 0 Å². The van der Waals surface area contributed by atoms with Gasteiger partial charge in [-0.1, -0.05) is 42.5 Å². The Kier molecular flexibility index (Phi) is 8.36. The van der Waals surface area contributed by atoms with Crippen molar-refractivity contribution in [2.45, 2.75) is 33.1 Å². The summed E-state index contributed by atoms with van der Waals surface area (Å²) in [4.78, 5) is 25.9. The van der Waals surface area contributed by atoms with Crippen LogP contribution in [0.4, 0.5) is 5.69 Å². The molecule has 0 bridgehead atoms. The van der Waals surface area contributed by atoms with Crippen molar-refractivity contribution in [2.24, 2.45) is 0 Å². The molecule has 0 spiro atoms. The lowest BCUT2D eigenvalue weighted by atomic mass is 10.1. The summed E-state index contributed by atoms with van der Waals surface area (Å²) in [6.07, 6.45) is 2.04. The maximum absolute atomic E-state index is 12.3. The zero-order valence-electron chi connectivity index (χ0n) is 16.1. The van der Waals surface area contributed by atoms with Crippen molar-refractivity contribution in [2.75, 3.05) is 25.0 Å². The third kappa shape index (κ3) is 7.13. The fraction of sp³-hybridized carbons (Fsp3) is 0.364. The first kappa shape index (κ1) is 20.5. The number of benzene rings is 2. The summed E-state index contributed by atoms with van der Waals surface area (Å²) in [5, 5.41) is 2.87. The predicted molar refractivity (Wildman–Crippen MR) is 108 cm³/mol. The van der Waals surface area contributed by atoms with Crippen LogP contribution in [0.15, 0.2) is 54.6 Å². The molecule has 2 aromatic rings. The van der Waals surface area contributed by atoms with Gasteiger partial charge in [-0.3, -0.25) is 9.59 Å². The number of hydrogen-bond acceptors (Lipinski definition) is 3. The molecule has 1 N–H and O–H groups in total. The van der Waals surface area contributed by atoms with Crippen molar-refractivity contribution in [3.8, 4) is 5.75 Å². The number of amides is 2. The molecule has 2 amide bonds. The van der Waals surface area contributed by atoms with Gasteiger partial charge < -0.3 is 15.0 Å². The van der Waals surface area contributed by atoms with Crippen LogP contribution >= 0.6 is 0 Å². The Morgan fingerprint density at radius 2 is 1.70 bits per heavy atom. The van der Waals surface area contributed by atoms with Gasteiger partial charge in [0, 0.05) is 26.4 Å². The maximum Gasteiger partial charge on any atom is 0.226 e. The van der Waals surface area contributed by atoms with Crippen LogP contribution in [0.3, 0.4) is 0 Å². The molecule has 0 aliphatic heterocycles. The van der Waals surface area contributed by atoms with Gasteiger partial charge in [-0.05, 0) is 37.5 Å². The van der Waals surface area contributed by atoms with E-state index < -0.39 is 0 Å². The number of nitrogens with one attached hydrogen (secondary N) is 1. The van der Waals surface area contributed by atoms with E-state index in [2.05, 4.69) is 17.4 Å². The van der Waals surface area contributed by atoms with Gasteiger partial charge in [-0.2, -0.15) is 0 Å². The number of nitrogens with zero attached hydrogens (tertiary/aromatic N) is 1. The van der Waals surface area contributed by atoms with Gasteiger partial charge in [0.25, 0.3) is 0 Å². The molecule has 5 nitrogen and oxygen atoms in total. The third-order valence-corrected chi connectivity index (χ3v) is 4.25. The third-order valence-electron chi connectivity index (χ3n) is 4.25. The molecule has 0 saturated carbocycles. The second-order valence-corrected chi connectivity index (χ2v) is 6.32. The Bertz CT molecular complexity index is 731. The van der Waals surface area contributed by atoms with Crippen LogP contribution in [0.1, 0.15) is 32.3 Å². The van der Waals surface area contributed by atoms with E-state index in [4.69, 9.17) is 4.74 Å². The zero-order valence-corrected chi connectivity index (χ0v) is 16.1. The molecule has 0 aromatic heterocycles. The van der Waals surface area contributed by atoms with Gasteiger partial charge in [0.2, 0.25) is 11.8 Å². The quantitative estimate of drug-likeness (QED) is 0.692. The highest BCUT2D eigenvalue weighted by Crippen LogP contribution is 2.23. The van der Waals surface area contributed by atoms with E-state index in [0.29, 0.717) is 31.1 Å². The highest BCUT2D eigenvalue weighted by Gasteiger charge is 2.12. The first-order valence-corrected chi connectivity index (χ1v) is 9.41. The number of hydrogen-bond donors (Lipinski definition) is 1. The highest BCUT2D eigenvalue weighted by molar-refractivity contribution is 5.92. The topological polar surface area (TPSA) is 58.6 Å². The predicted octanol–water partition coefficient (Wildman–Crippen LogP) is 3.90. The fourth-order valence-electron chi connectivity index (χ4n) is 2.85. The summed E-state index contributed by atoms with van der Waals surface area (Å²) < 4.78 is 5.52. The molecule has 27 heavy (non-hydrogen) atoms. The first-order valence-electron chi connectivity index (χ1n) is 9.41. The smallest absolute Gasteiger partial charge is 0.226 e. The van der Waals surface area contributed by atoms with Crippen LogP contribution in [0.25, 0.3) is 0 Å². The molecule has 2 aromatic carbocycles. The number of anilines is 1. The molecule has 0 heterocycles. The number of aryl methyl sites for hydroxylation is 1. The minimum Gasteiger partial charge on any atom is -0.492 e. The first-order chi connectivity index (χ1) is 13.1. The van der Waals surface area contributed by atoms with E-state index in [-0.39, 0.29) is 18.2 Å². The van der Waals surface area contributed by atoms with E-state index in [1.807, 2.05) is 49.4 Å². The van der Waals surface area contributed by atoms with Gasteiger partial charge in [0.15, 0.2) is 0 Å². The molecular weight excluding hydrogens is 340 g/mol. The van der Waals surface area contributed by atoms with Crippen LogP contribution < -0.4 is 10.1 Å². The standard InChI is InChI=1S/C22H28N2O3/c1-3-27-21-14-8-7-13-20(21)23-22(26)15-17-24(18(2)25)16-9-12-19-10-5-4-6-11-19/h4-8,10-11,13-14H,3,9,12,15-17H2,1-2H3,(H,23,26). The minimum atomic E-state index is -0.128. The second kappa shape index (κ2) is 11.0. The highest BCUT2D eigenvalue weighted by atomic mass is 16.5. The molecule has 144 valence electrons. The molecule has 0 radical (unpaired) electrons. The minimum absolute atomic E-state index is 0.00872. The van der Waals surface area contributed by atoms with Crippen molar-refractivity contribution in [1.82, 2.24) is 4.90 Å². The van der Waals surface area contributed by atoms with Crippen molar-refractivity contribution >= 4 is 17.5 Å². The molecular formula is C22H28N2O3. The van der Waals surface area contributed by atoms with Crippen LogP contribution in [0, 0.1) is 0 Å². The number of para-hydroxylation sites is 2. The summed E-state index contributed by atoms with van der Waals surface area (Å²) in [6, 6.07) is 17.5. The molecule has 0 atom stereocenters. The molecule has 2 rings (SSSR count). The van der Waals surface area contributed by atoms with Crippen LogP contribution in [0.2, 0.25) is 0 Å². The van der Waals surface area contributed by atoms with E-state index in [9.17, 15) is 9.59 Å². The average molecular weight is 368 g/mol. The Morgan fingerprint density at radius 1 is 1.00 bits per heavy atom. The average Bonchev–Trinajstić information content (AvgIpc) is 2.67. The van der Waals surface area contributed by atoms with Gasteiger partial charge in [-0.15, -0.1) is 0 Å². The van der Waals surface area contributed by atoms with E-state index in [1.165, 1.54) is 5.56 Å². The molecule has 0 aliphatic rings. The molecule has 0 aliphatic carbocycles. The largest absolute Gasteiger partial charge is 0.492 e. The molecule has 0 saturated heterocycles. The Hall–Kier alpha value is -2.82. The Balaban J connectivity index is 1.81. The lowest BCUT2D eigenvalue weighted by molar-refractivity contribution is -0.129.